The summed E-state index contributed by atoms with van der Waals surface area (Å²) in [6.07, 6.45) is 0. The molecule has 2 rings (SSSR count). The predicted octanol–water partition coefficient (Wildman–Crippen LogP) is -0.0846. The van der Waals surface area contributed by atoms with E-state index in [2.05, 4.69) is 38.9 Å². The van der Waals surface area contributed by atoms with Gasteiger partial charge in [0.1, 0.15) is 0 Å². The first kappa shape index (κ1) is 18.9. The van der Waals surface area contributed by atoms with Crippen LogP contribution in [0.25, 0.3) is 0 Å². The van der Waals surface area contributed by atoms with Gasteiger partial charge >= 0.3 is 11.8 Å². The summed E-state index contributed by atoms with van der Waals surface area (Å²) in [5.41, 5.74) is 1.18. The van der Waals surface area contributed by atoms with Crippen LogP contribution in [-0.4, -0.2) is 81.6 Å². The van der Waals surface area contributed by atoms with Gasteiger partial charge in [-0.1, -0.05) is 0 Å². The zero-order valence-electron chi connectivity index (χ0n) is 14.3. The molecule has 1 aliphatic heterocycles. The third-order valence-corrected chi connectivity index (χ3v) is 4.86. The van der Waals surface area contributed by atoms with Crippen molar-refractivity contribution in [3.63, 3.8) is 0 Å². The van der Waals surface area contributed by atoms with Crippen LogP contribution in [0.15, 0.2) is 16.8 Å². The summed E-state index contributed by atoms with van der Waals surface area (Å²) < 4.78 is 4.85. The van der Waals surface area contributed by atoms with Crippen LogP contribution in [0.3, 0.4) is 0 Å². The second-order valence-corrected chi connectivity index (χ2v) is 6.65. The number of hydrogen-bond acceptors (Lipinski definition) is 6. The van der Waals surface area contributed by atoms with Crippen molar-refractivity contribution in [1.82, 2.24) is 20.4 Å². The molecule has 0 aromatic carbocycles. The summed E-state index contributed by atoms with van der Waals surface area (Å²) in [6.45, 7) is 5.06. The Morgan fingerprint density at radius 1 is 1.25 bits per heavy atom. The summed E-state index contributed by atoms with van der Waals surface area (Å²) in [4.78, 5) is 28.4. The lowest BCUT2D eigenvalue weighted by Crippen LogP contribution is -2.49. The lowest BCUT2D eigenvalue weighted by molar-refractivity contribution is -0.139. The Balaban J connectivity index is 1.89. The summed E-state index contributed by atoms with van der Waals surface area (Å²) in [7, 11) is 3.66. The number of hydrogen-bond donors (Lipinski definition) is 2. The van der Waals surface area contributed by atoms with Gasteiger partial charge < -0.3 is 20.3 Å². The molecule has 0 radical (unpaired) electrons. The van der Waals surface area contributed by atoms with Crippen molar-refractivity contribution in [3.05, 3.63) is 22.4 Å². The van der Waals surface area contributed by atoms with Crippen LogP contribution in [0.4, 0.5) is 0 Å². The van der Waals surface area contributed by atoms with Crippen LogP contribution in [-0.2, 0) is 14.3 Å². The summed E-state index contributed by atoms with van der Waals surface area (Å²) in [5.74, 6) is -1.21. The molecular formula is C16H26N4O3S. The fourth-order valence-electron chi connectivity index (χ4n) is 2.67. The highest BCUT2D eigenvalue weighted by Crippen LogP contribution is 2.23. The van der Waals surface area contributed by atoms with Crippen molar-refractivity contribution in [2.45, 2.75) is 6.04 Å². The minimum absolute atomic E-state index is 0.0978. The largest absolute Gasteiger partial charge is 0.383 e. The van der Waals surface area contributed by atoms with E-state index < -0.39 is 11.8 Å². The zero-order valence-corrected chi connectivity index (χ0v) is 15.1. The number of carbonyl (C=O) groups excluding carboxylic acids is 2. The first-order chi connectivity index (χ1) is 11.6. The maximum Gasteiger partial charge on any atom is 0.309 e. The van der Waals surface area contributed by atoms with Gasteiger partial charge in [0, 0.05) is 46.4 Å². The molecule has 134 valence electrons. The molecule has 1 aliphatic rings. The van der Waals surface area contributed by atoms with Crippen molar-refractivity contribution in [2.75, 3.05) is 60.0 Å². The second-order valence-electron chi connectivity index (χ2n) is 5.87. The Bertz CT molecular complexity index is 515. The number of ether oxygens (including phenoxy) is 1. The summed E-state index contributed by atoms with van der Waals surface area (Å²) >= 11 is 1.64. The molecule has 1 atom stereocenters. The molecule has 0 aliphatic carbocycles. The Kier molecular flexibility index (Phi) is 7.64. The Morgan fingerprint density at radius 3 is 2.58 bits per heavy atom. The lowest BCUT2D eigenvalue weighted by atomic mass is 10.1. The monoisotopic (exact) mass is 354 g/mol. The van der Waals surface area contributed by atoms with Crippen LogP contribution in [0.2, 0.25) is 0 Å². The number of carbonyl (C=O) groups is 2. The standard InChI is InChI=1S/C16H26N4O3S/c1-19-5-7-20(8-6-19)14(13-3-10-24-12-13)11-18-16(22)15(21)17-4-9-23-2/h3,10,12,14H,4-9,11H2,1-2H3,(H,17,21)(H,18,22)/t14-/m0/s1. The van der Waals surface area contributed by atoms with E-state index in [-0.39, 0.29) is 6.04 Å². The van der Waals surface area contributed by atoms with Crippen LogP contribution in [0.5, 0.6) is 0 Å². The van der Waals surface area contributed by atoms with Gasteiger partial charge in [0.05, 0.1) is 12.6 Å². The quantitative estimate of drug-likeness (QED) is 0.529. The molecule has 1 aromatic heterocycles. The SMILES string of the molecule is COCCNC(=O)C(=O)NC[C@@H](c1ccsc1)N1CCN(C)CC1. The van der Waals surface area contributed by atoms with Gasteiger partial charge in [-0.2, -0.15) is 11.3 Å². The molecule has 7 nitrogen and oxygen atoms in total. The first-order valence-electron chi connectivity index (χ1n) is 8.11. The third kappa shape index (κ3) is 5.55. The average molecular weight is 354 g/mol. The molecule has 0 saturated carbocycles. The van der Waals surface area contributed by atoms with Gasteiger partial charge in [-0.3, -0.25) is 14.5 Å². The first-order valence-corrected chi connectivity index (χ1v) is 9.05. The highest BCUT2D eigenvalue weighted by molar-refractivity contribution is 7.07. The van der Waals surface area contributed by atoms with Gasteiger partial charge in [-0.05, 0) is 29.4 Å². The molecule has 1 aromatic rings. The van der Waals surface area contributed by atoms with Crippen LogP contribution < -0.4 is 10.6 Å². The van der Waals surface area contributed by atoms with E-state index in [1.807, 2.05) is 5.38 Å². The fourth-order valence-corrected chi connectivity index (χ4v) is 3.38. The molecule has 2 amide bonds. The molecule has 1 saturated heterocycles. The van der Waals surface area contributed by atoms with E-state index in [1.165, 1.54) is 5.56 Å². The number of likely N-dealkylation sites (N-methyl/N-ethyl adjacent to an activating group) is 1. The highest BCUT2D eigenvalue weighted by Gasteiger charge is 2.25. The number of thiophene rings is 1. The van der Waals surface area contributed by atoms with E-state index in [1.54, 1.807) is 18.4 Å². The number of piperazine rings is 1. The number of nitrogens with one attached hydrogen (secondary N) is 2. The van der Waals surface area contributed by atoms with Crippen molar-refractivity contribution < 1.29 is 14.3 Å². The summed E-state index contributed by atoms with van der Waals surface area (Å²) in [6, 6.07) is 2.18. The molecule has 0 unspecified atom stereocenters. The highest BCUT2D eigenvalue weighted by atomic mass is 32.1. The van der Waals surface area contributed by atoms with Crippen molar-refractivity contribution >= 4 is 23.2 Å². The molecule has 2 N–H and O–H groups in total. The van der Waals surface area contributed by atoms with Gasteiger partial charge in [0.2, 0.25) is 0 Å². The van der Waals surface area contributed by atoms with Gasteiger partial charge in [-0.25, -0.2) is 0 Å². The van der Waals surface area contributed by atoms with Gasteiger partial charge in [0.25, 0.3) is 0 Å². The Hall–Kier alpha value is -1.48. The number of rotatable bonds is 7. The molecule has 1 fully saturated rings. The third-order valence-electron chi connectivity index (χ3n) is 4.16. The second kappa shape index (κ2) is 9.73. The minimum Gasteiger partial charge on any atom is -0.383 e. The number of nitrogens with zero attached hydrogens (tertiary/aromatic N) is 2. The maximum atomic E-state index is 12.0. The molecule has 8 heteroatoms. The lowest BCUT2D eigenvalue weighted by Gasteiger charge is -2.37. The molecule has 24 heavy (non-hydrogen) atoms. The van der Waals surface area contributed by atoms with E-state index in [0.29, 0.717) is 19.7 Å². The van der Waals surface area contributed by atoms with Crippen molar-refractivity contribution in [1.29, 1.82) is 0 Å². The van der Waals surface area contributed by atoms with Crippen LogP contribution >= 0.6 is 11.3 Å². The molecule has 0 spiro atoms. The maximum absolute atomic E-state index is 12.0. The average Bonchev–Trinajstić information content (AvgIpc) is 3.11. The predicted molar refractivity (Wildman–Crippen MR) is 94.0 cm³/mol. The molecule has 0 bridgehead atoms. The number of amides is 2. The smallest absolute Gasteiger partial charge is 0.309 e. The van der Waals surface area contributed by atoms with Crippen LogP contribution in [0, 0.1) is 0 Å². The van der Waals surface area contributed by atoms with E-state index >= 15 is 0 Å². The van der Waals surface area contributed by atoms with Crippen LogP contribution in [0.1, 0.15) is 11.6 Å². The minimum atomic E-state index is -0.616. The van der Waals surface area contributed by atoms with Crippen molar-refractivity contribution in [2.24, 2.45) is 0 Å². The summed E-state index contributed by atoms with van der Waals surface area (Å²) in [5, 5.41) is 9.44. The van der Waals surface area contributed by atoms with E-state index in [4.69, 9.17) is 4.74 Å². The van der Waals surface area contributed by atoms with Gasteiger partial charge in [0.15, 0.2) is 0 Å². The molecule has 2 heterocycles. The Morgan fingerprint density at radius 2 is 1.96 bits per heavy atom. The van der Waals surface area contributed by atoms with Crippen molar-refractivity contribution in [3.8, 4) is 0 Å². The topological polar surface area (TPSA) is 73.9 Å². The molecular weight excluding hydrogens is 328 g/mol. The normalized spacial score (nSPS) is 17.4. The van der Waals surface area contributed by atoms with E-state index in [9.17, 15) is 9.59 Å². The van der Waals surface area contributed by atoms with Gasteiger partial charge in [-0.15, -0.1) is 0 Å². The fraction of sp³-hybridized carbons (Fsp3) is 0.625. The Labute approximate surface area is 147 Å². The zero-order chi connectivity index (χ0) is 17.4. The number of methoxy groups -OCH3 is 1. The van der Waals surface area contributed by atoms with E-state index in [0.717, 1.165) is 26.2 Å².